The lowest BCUT2D eigenvalue weighted by atomic mass is 10.1. The Morgan fingerprint density at radius 3 is 2.59 bits per heavy atom. The fourth-order valence-electron chi connectivity index (χ4n) is 3.04. The molecule has 2 aromatic carbocycles. The molecule has 0 saturated heterocycles. The molecule has 1 aromatic heterocycles. The van der Waals surface area contributed by atoms with Gasteiger partial charge in [0.25, 0.3) is 5.56 Å². The smallest absolute Gasteiger partial charge is 0.258 e. The number of aromatic amines is 1. The van der Waals surface area contributed by atoms with Crippen molar-refractivity contribution in [3.05, 3.63) is 70.3 Å². The third kappa shape index (κ3) is 5.26. The van der Waals surface area contributed by atoms with Gasteiger partial charge in [0.15, 0.2) is 0 Å². The molecule has 0 spiro atoms. The molecule has 0 radical (unpaired) electrons. The van der Waals surface area contributed by atoms with E-state index < -0.39 is 0 Å². The number of para-hydroxylation sites is 1. The Bertz CT molecular complexity index is 961. The van der Waals surface area contributed by atoms with Gasteiger partial charge in [-0.15, -0.1) is 0 Å². The molecule has 0 saturated carbocycles. The van der Waals surface area contributed by atoms with Crippen molar-refractivity contribution >= 4 is 22.5 Å². The lowest BCUT2D eigenvalue weighted by Crippen LogP contribution is -2.16. The molecule has 3 aromatic rings. The van der Waals surface area contributed by atoms with E-state index in [4.69, 9.17) is 0 Å². The van der Waals surface area contributed by atoms with Crippen molar-refractivity contribution in [2.45, 2.75) is 45.4 Å². The monoisotopic (exact) mass is 363 g/mol. The van der Waals surface area contributed by atoms with Crippen molar-refractivity contribution in [1.29, 1.82) is 0 Å². The molecule has 0 aliphatic rings. The van der Waals surface area contributed by atoms with Crippen LogP contribution in [-0.2, 0) is 17.6 Å². The van der Waals surface area contributed by atoms with Gasteiger partial charge in [-0.2, -0.15) is 0 Å². The molecule has 3 rings (SSSR count). The van der Waals surface area contributed by atoms with E-state index in [2.05, 4.69) is 34.3 Å². The number of hydrogen-bond donors (Lipinski definition) is 2. The second-order valence-corrected chi connectivity index (χ2v) is 6.73. The van der Waals surface area contributed by atoms with E-state index >= 15 is 0 Å². The Labute approximate surface area is 158 Å². The minimum Gasteiger partial charge on any atom is -0.326 e. The number of hydrogen-bond acceptors (Lipinski definition) is 3. The Balaban J connectivity index is 1.54. The van der Waals surface area contributed by atoms with Gasteiger partial charge in [0.05, 0.1) is 10.9 Å². The van der Waals surface area contributed by atoms with E-state index in [9.17, 15) is 9.59 Å². The summed E-state index contributed by atoms with van der Waals surface area (Å²) in [4.78, 5) is 31.4. The van der Waals surface area contributed by atoms with Crippen molar-refractivity contribution in [2.75, 3.05) is 5.32 Å². The third-order valence-electron chi connectivity index (χ3n) is 4.56. The molecule has 5 nitrogen and oxygen atoms in total. The first-order chi connectivity index (χ1) is 13.2. The van der Waals surface area contributed by atoms with Crippen LogP contribution in [0.15, 0.2) is 53.3 Å². The maximum atomic E-state index is 12.2. The minimum absolute atomic E-state index is 0.0930. The first kappa shape index (κ1) is 18.8. The number of aryl methyl sites for hydroxylation is 2. The van der Waals surface area contributed by atoms with E-state index in [-0.39, 0.29) is 17.9 Å². The number of nitrogens with zero attached hydrogens (tertiary/aromatic N) is 1. The molecule has 5 heteroatoms. The molecular weight excluding hydrogens is 338 g/mol. The van der Waals surface area contributed by atoms with Crippen molar-refractivity contribution in [3.8, 4) is 0 Å². The number of amides is 1. The van der Waals surface area contributed by atoms with Gasteiger partial charge in [0, 0.05) is 18.5 Å². The molecule has 1 amide bonds. The lowest BCUT2D eigenvalue weighted by Gasteiger charge is -2.07. The zero-order valence-electron chi connectivity index (χ0n) is 15.6. The number of aromatic nitrogens is 2. The van der Waals surface area contributed by atoms with Gasteiger partial charge < -0.3 is 10.3 Å². The standard InChI is InChI=1S/C22H25N3O2/c1-2-3-4-7-16-10-12-17(13-11-16)23-21(26)15-14-20-24-19-9-6-5-8-18(19)22(27)25-20/h5-6,8-13H,2-4,7,14-15H2,1H3,(H,23,26)(H,24,25,27). The first-order valence-electron chi connectivity index (χ1n) is 9.52. The Hall–Kier alpha value is -2.95. The van der Waals surface area contributed by atoms with E-state index in [1.165, 1.54) is 24.8 Å². The fourth-order valence-corrected chi connectivity index (χ4v) is 3.04. The normalized spacial score (nSPS) is 10.9. The Morgan fingerprint density at radius 1 is 1.04 bits per heavy atom. The van der Waals surface area contributed by atoms with Gasteiger partial charge in [-0.3, -0.25) is 9.59 Å². The molecule has 1 heterocycles. The minimum atomic E-state index is -0.172. The molecule has 0 aliphatic heterocycles. The lowest BCUT2D eigenvalue weighted by molar-refractivity contribution is -0.116. The highest BCUT2D eigenvalue weighted by Crippen LogP contribution is 2.13. The summed E-state index contributed by atoms with van der Waals surface area (Å²) >= 11 is 0. The number of rotatable bonds is 8. The summed E-state index contributed by atoms with van der Waals surface area (Å²) in [6, 6.07) is 15.2. The van der Waals surface area contributed by atoms with Crippen molar-refractivity contribution in [1.82, 2.24) is 9.97 Å². The number of carbonyl (C=O) groups excluding carboxylic acids is 1. The van der Waals surface area contributed by atoms with Crippen LogP contribution < -0.4 is 10.9 Å². The molecule has 0 aliphatic carbocycles. The highest BCUT2D eigenvalue weighted by atomic mass is 16.1. The number of anilines is 1. The summed E-state index contributed by atoms with van der Waals surface area (Å²) in [6.07, 6.45) is 5.37. The number of carbonyl (C=O) groups is 1. The molecular formula is C22H25N3O2. The van der Waals surface area contributed by atoms with E-state index in [0.717, 1.165) is 12.1 Å². The van der Waals surface area contributed by atoms with Gasteiger partial charge in [-0.25, -0.2) is 4.98 Å². The molecule has 0 bridgehead atoms. The van der Waals surface area contributed by atoms with Crippen molar-refractivity contribution in [3.63, 3.8) is 0 Å². The quantitative estimate of drug-likeness (QED) is 0.588. The second kappa shape index (κ2) is 9.12. The summed E-state index contributed by atoms with van der Waals surface area (Å²) in [7, 11) is 0. The summed E-state index contributed by atoms with van der Waals surface area (Å²) in [6.45, 7) is 2.20. The summed E-state index contributed by atoms with van der Waals surface area (Å²) in [5, 5.41) is 3.46. The first-order valence-corrected chi connectivity index (χ1v) is 9.52. The van der Waals surface area contributed by atoms with Crippen molar-refractivity contribution < 1.29 is 4.79 Å². The van der Waals surface area contributed by atoms with Crippen LogP contribution in [-0.4, -0.2) is 15.9 Å². The predicted molar refractivity (Wildman–Crippen MR) is 109 cm³/mol. The van der Waals surface area contributed by atoms with Crippen molar-refractivity contribution in [2.24, 2.45) is 0 Å². The summed E-state index contributed by atoms with van der Waals surface area (Å²) in [5.41, 5.74) is 2.56. The fraction of sp³-hybridized carbons (Fsp3) is 0.318. The van der Waals surface area contributed by atoms with Crippen LogP contribution in [0, 0.1) is 0 Å². The molecule has 0 unspecified atom stereocenters. The zero-order valence-corrected chi connectivity index (χ0v) is 15.6. The van der Waals surface area contributed by atoms with Gasteiger partial charge in [0.1, 0.15) is 5.82 Å². The highest BCUT2D eigenvalue weighted by molar-refractivity contribution is 5.90. The number of nitrogens with one attached hydrogen (secondary N) is 2. The average Bonchev–Trinajstić information content (AvgIpc) is 2.68. The van der Waals surface area contributed by atoms with Crippen LogP contribution >= 0.6 is 0 Å². The van der Waals surface area contributed by atoms with Crippen LogP contribution in [0.5, 0.6) is 0 Å². The van der Waals surface area contributed by atoms with E-state index in [1.54, 1.807) is 18.2 Å². The maximum Gasteiger partial charge on any atom is 0.258 e. The maximum absolute atomic E-state index is 12.2. The molecule has 27 heavy (non-hydrogen) atoms. The predicted octanol–water partition coefficient (Wildman–Crippen LogP) is 4.23. The van der Waals surface area contributed by atoms with Crippen LogP contribution in [0.2, 0.25) is 0 Å². The van der Waals surface area contributed by atoms with Crippen LogP contribution in [0.4, 0.5) is 5.69 Å². The third-order valence-corrected chi connectivity index (χ3v) is 4.56. The van der Waals surface area contributed by atoms with Gasteiger partial charge in [-0.05, 0) is 42.7 Å². The van der Waals surface area contributed by atoms with E-state index in [0.29, 0.717) is 23.1 Å². The highest BCUT2D eigenvalue weighted by Gasteiger charge is 2.07. The van der Waals surface area contributed by atoms with E-state index in [1.807, 2.05) is 18.2 Å². The number of H-pyrrole nitrogens is 1. The summed E-state index contributed by atoms with van der Waals surface area (Å²) < 4.78 is 0. The van der Waals surface area contributed by atoms with Crippen LogP contribution in [0.1, 0.15) is 44.0 Å². The Morgan fingerprint density at radius 2 is 1.81 bits per heavy atom. The molecule has 0 fully saturated rings. The molecule has 0 atom stereocenters. The Kier molecular flexibility index (Phi) is 6.36. The average molecular weight is 363 g/mol. The largest absolute Gasteiger partial charge is 0.326 e. The topological polar surface area (TPSA) is 74.8 Å². The van der Waals surface area contributed by atoms with Gasteiger partial charge in [-0.1, -0.05) is 44.0 Å². The summed E-state index contributed by atoms with van der Waals surface area (Å²) in [5.74, 6) is 0.435. The van der Waals surface area contributed by atoms with Crippen LogP contribution in [0.3, 0.4) is 0 Å². The molecule has 140 valence electrons. The number of unbranched alkanes of at least 4 members (excludes halogenated alkanes) is 2. The van der Waals surface area contributed by atoms with Gasteiger partial charge in [0.2, 0.25) is 5.91 Å². The SMILES string of the molecule is CCCCCc1ccc(NC(=O)CCc2nc3ccccc3c(=O)[nH]2)cc1. The zero-order chi connectivity index (χ0) is 19.1. The number of fused-ring (bicyclic) bond motifs is 1. The second-order valence-electron chi connectivity index (χ2n) is 6.73. The van der Waals surface area contributed by atoms with Crippen LogP contribution in [0.25, 0.3) is 10.9 Å². The van der Waals surface area contributed by atoms with Gasteiger partial charge >= 0.3 is 0 Å². The molecule has 2 N–H and O–H groups in total. The number of benzene rings is 2.